The molecule has 0 aliphatic rings. The molecule has 7 heteroatoms. The van der Waals surface area contributed by atoms with E-state index in [1.54, 1.807) is 12.4 Å². The summed E-state index contributed by atoms with van der Waals surface area (Å²) in [5, 5.41) is 9.53. The number of rotatable bonds is 3. The molecule has 0 saturated carbocycles. The van der Waals surface area contributed by atoms with Gasteiger partial charge in [0.1, 0.15) is 12.0 Å². The topological polar surface area (TPSA) is 70.2 Å². The molecule has 2 N–H and O–H groups in total. The lowest BCUT2D eigenvalue weighted by atomic mass is 10.0. The minimum absolute atomic E-state index is 0.187. The molecule has 0 unspecified atom stereocenters. The maximum absolute atomic E-state index is 13.6. The lowest BCUT2D eigenvalue weighted by Crippen LogP contribution is -1.83. The van der Waals surface area contributed by atoms with Crippen LogP contribution in [0.2, 0.25) is 0 Å². The van der Waals surface area contributed by atoms with Crippen LogP contribution in [0, 0.1) is 5.13 Å². The van der Waals surface area contributed by atoms with Crippen LogP contribution in [-0.2, 0) is 0 Å². The quantitative estimate of drug-likeness (QED) is 0.373. The van der Waals surface area contributed by atoms with Gasteiger partial charge in [0.2, 0.25) is 0 Å². The van der Waals surface area contributed by atoms with Crippen LogP contribution < -0.4 is 0 Å². The molecule has 0 amide bonds. The molecule has 0 bridgehead atoms. The van der Waals surface area contributed by atoms with Crippen LogP contribution in [0.15, 0.2) is 73.3 Å². The second kappa shape index (κ2) is 6.60. The van der Waals surface area contributed by atoms with Crippen molar-refractivity contribution in [2.75, 3.05) is 0 Å². The summed E-state index contributed by atoms with van der Waals surface area (Å²) in [6, 6.07) is 17.5. The summed E-state index contributed by atoms with van der Waals surface area (Å²) in [7, 11) is 0. The predicted molar refractivity (Wildman–Crippen MR) is 118 cm³/mol. The number of nitrogens with zero attached hydrogens (tertiary/aromatic N) is 3. The van der Waals surface area contributed by atoms with Crippen molar-refractivity contribution in [3.05, 3.63) is 78.4 Å². The molecule has 0 saturated heterocycles. The third-order valence-electron chi connectivity index (χ3n) is 5.21. The fraction of sp³-hybridized carbons (Fsp3) is 0. The van der Waals surface area contributed by atoms with E-state index >= 15 is 0 Å². The molecule has 0 radical (unpaired) electrons. The Bertz CT molecular complexity index is 1510. The summed E-state index contributed by atoms with van der Waals surface area (Å²) in [4.78, 5) is 12.6. The lowest BCUT2D eigenvalue weighted by molar-refractivity contribution is 0.657. The van der Waals surface area contributed by atoms with Crippen LogP contribution in [0.5, 0.6) is 0 Å². The Morgan fingerprint density at radius 1 is 0.833 bits per heavy atom. The van der Waals surface area contributed by atoms with E-state index in [1.165, 1.54) is 12.4 Å². The maximum atomic E-state index is 13.6. The Morgan fingerprint density at radius 2 is 1.73 bits per heavy atom. The number of aromatic amines is 2. The van der Waals surface area contributed by atoms with E-state index in [-0.39, 0.29) is 5.13 Å². The zero-order valence-electron chi connectivity index (χ0n) is 15.6. The summed E-state index contributed by atoms with van der Waals surface area (Å²) in [5.74, 6) is 0. The molecule has 0 fully saturated rings. The van der Waals surface area contributed by atoms with Crippen LogP contribution >= 0.6 is 11.3 Å². The van der Waals surface area contributed by atoms with Crippen molar-refractivity contribution in [1.29, 1.82) is 0 Å². The van der Waals surface area contributed by atoms with E-state index in [9.17, 15) is 4.39 Å². The van der Waals surface area contributed by atoms with E-state index in [2.05, 4.69) is 37.3 Å². The number of halogens is 1. The van der Waals surface area contributed by atoms with Gasteiger partial charge in [0, 0.05) is 44.7 Å². The van der Waals surface area contributed by atoms with Gasteiger partial charge < -0.3 is 4.98 Å². The highest BCUT2D eigenvalue weighted by Crippen LogP contribution is 2.37. The molecule has 0 aliphatic carbocycles. The Morgan fingerprint density at radius 3 is 2.57 bits per heavy atom. The average Bonchev–Trinajstić information content (AvgIpc) is 3.51. The van der Waals surface area contributed by atoms with Crippen molar-refractivity contribution in [3.8, 4) is 33.0 Å². The van der Waals surface area contributed by atoms with Crippen LogP contribution in [-0.4, -0.2) is 25.1 Å². The van der Waals surface area contributed by atoms with Gasteiger partial charge in [0.15, 0.2) is 5.13 Å². The number of aromatic nitrogens is 5. The van der Waals surface area contributed by atoms with Gasteiger partial charge in [-0.15, -0.1) is 11.3 Å². The summed E-state index contributed by atoms with van der Waals surface area (Å²) < 4.78 is 13.6. The Kier molecular flexibility index (Phi) is 3.75. The Labute approximate surface area is 174 Å². The summed E-state index contributed by atoms with van der Waals surface area (Å²) >= 11 is 1.15. The van der Waals surface area contributed by atoms with Crippen molar-refractivity contribution in [3.63, 3.8) is 0 Å². The first-order chi connectivity index (χ1) is 14.8. The van der Waals surface area contributed by atoms with Gasteiger partial charge in [-0.1, -0.05) is 18.2 Å². The SMILES string of the molecule is Fc1ccc(-c2cccc3[nH]c(-c4n[nH]c5ccc(-c6cncnc6)cc45)cc23)s1. The van der Waals surface area contributed by atoms with E-state index in [4.69, 9.17) is 0 Å². The van der Waals surface area contributed by atoms with E-state index in [0.29, 0.717) is 0 Å². The molecule has 4 aromatic heterocycles. The number of H-pyrrole nitrogens is 2. The van der Waals surface area contributed by atoms with Gasteiger partial charge in [-0.2, -0.15) is 9.49 Å². The van der Waals surface area contributed by atoms with Crippen LogP contribution in [0.25, 0.3) is 54.8 Å². The average molecular weight is 411 g/mol. The van der Waals surface area contributed by atoms with Gasteiger partial charge >= 0.3 is 0 Å². The molecule has 0 spiro atoms. The minimum Gasteiger partial charge on any atom is -0.353 e. The molecule has 144 valence electrons. The first kappa shape index (κ1) is 17.1. The van der Waals surface area contributed by atoms with Gasteiger partial charge in [-0.05, 0) is 42.0 Å². The van der Waals surface area contributed by atoms with Crippen LogP contribution in [0.1, 0.15) is 0 Å². The predicted octanol–water partition coefficient (Wildman–Crippen LogP) is 6.04. The molecule has 5 nitrogen and oxygen atoms in total. The zero-order valence-corrected chi connectivity index (χ0v) is 16.4. The maximum Gasteiger partial charge on any atom is 0.176 e. The lowest BCUT2D eigenvalue weighted by Gasteiger charge is -2.01. The molecule has 6 rings (SSSR count). The Balaban J connectivity index is 1.52. The number of benzene rings is 2. The standard InChI is InChI=1S/C23H14FN5S/c24-22-7-6-21(30-22)15-2-1-3-18-16(15)9-20(27-18)23-17-8-13(4-5-19(17)28-29-23)14-10-25-12-26-11-14/h1-12,27H,(H,28,29). The minimum atomic E-state index is -0.187. The second-order valence-corrected chi connectivity index (χ2v) is 8.05. The molecule has 6 aromatic rings. The molecule has 2 aromatic carbocycles. The number of nitrogens with one attached hydrogen (secondary N) is 2. The van der Waals surface area contributed by atoms with Crippen molar-refractivity contribution >= 4 is 33.1 Å². The fourth-order valence-corrected chi connectivity index (χ4v) is 4.57. The molecule has 0 atom stereocenters. The normalized spacial score (nSPS) is 11.5. The third kappa shape index (κ3) is 2.71. The highest BCUT2D eigenvalue weighted by Gasteiger charge is 2.15. The molecule has 30 heavy (non-hydrogen) atoms. The smallest absolute Gasteiger partial charge is 0.176 e. The Hall–Kier alpha value is -3.84. The summed E-state index contributed by atoms with van der Waals surface area (Å²) in [5.41, 5.74) is 6.66. The van der Waals surface area contributed by atoms with Crippen molar-refractivity contribution < 1.29 is 4.39 Å². The number of fused-ring (bicyclic) bond motifs is 2. The fourth-order valence-electron chi connectivity index (χ4n) is 3.80. The van der Waals surface area contributed by atoms with E-state index < -0.39 is 0 Å². The summed E-state index contributed by atoms with van der Waals surface area (Å²) in [6.45, 7) is 0. The van der Waals surface area contributed by atoms with Gasteiger partial charge in [0.05, 0.1) is 11.2 Å². The highest BCUT2D eigenvalue weighted by molar-refractivity contribution is 7.14. The van der Waals surface area contributed by atoms with E-state index in [0.717, 1.165) is 66.1 Å². The van der Waals surface area contributed by atoms with Gasteiger partial charge in [-0.25, -0.2) is 9.97 Å². The van der Waals surface area contributed by atoms with Gasteiger partial charge in [0.25, 0.3) is 0 Å². The van der Waals surface area contributed by atoms with Crippen LogP contribution in [0.3, 0.4) is 0 Å². The molecular weight excluding hydrogens is 397 g/mol. The van der Waals surface area contributed by atoms with Crippen molar-refractivity contribution in [1.82, 2.24) is 25.1 Å². The number of thiophene rings is 1. The first-order valence-corrected chi connectivity index (χ1v) is 10.2. The summed E-state index contributed by atoms with van der Waals surface area (Å²) in [6.07, 6.45) is 5.11. The van der Waals surface area contributed by atoms with Crippen molar-refractivity contribution in [2.45, 2.75) is 0 Å². The number of hydrogen-bond donors (Lipinski definition) is 2. The van der Waals surface area contributed by atoms with E-state index in [1.807, 2.05) is 36.4 Å². The monoisotopic (exact) mass is 411 g/mol. The van der Waals surface area contributed by atoms with Gasteiger partial charge in [-0.3, -0.25) is 5.10 Å². The first-order valence-electron chi connectivity index (χ1n) is 9.37. The van der Waals surface area contributed by atoms with Crippen molar-refractivity contribution in [2.24, 2.45) is 0 Å². The highest BCUT2D eigenvalue weighted by atomic mass is 32.1. The second-order valence-electron chi connectivity index (χ2n) is 7.01. The number of hydrogen-bond acceptors (Lipinski definition) is 4. The molecular formula is C23H14FN5S. The largest absolute Gasteiger partial charge is 0.353 e. The molecule has 0 aliphatic heterocycles. The molecule has 4 heterocycles. The third-order valence-corrected chi connectivity index (χ3v) is 6.12. The zero-order chi connectivity index (χ0) is 20.1. The van der Waals surface area contributed by atoms with Crippen LogP contribution in [0.4, 0.5) is 4.39 Å².